The lowest BCUT2D eigenvalue weighted by atomic mass is 9.78. The van der Waals surface area contributed by atoms with Crippen molar-refractivity contribution in [3.8, 4) is 0 Å². The fraction of sp³-hybridized carbons (Fsp3) is 0.600. The van der Waals surface area contributed by atoms with Crippen molar-refractivity contribution in [1.82, 2.24) is 0 Å². The first-order valence-corrected chi connectivity index (χ1v) is 7.31. The summed E-state index contributed by atoms with van der Waals surface area (Å²) in [5.41, 5.74) is 2.27. The highest BCUT2D eigenvalue weighted by molar-refractivity contribution is 9.10. The second kappa shape index (κ2) is 5.53. The van der Waals surface area contributed by atoms with Crippen molar-refractivity contribution in [2.75, 3.05) is 0 Å². The van der Waals surface area contributed by atoms with E-state index in [1.54, 1.807) is 0 Å². The summed E-state index contributed by atoms with van der Waals surface area (Å²) in [6, 6.07) is 6.22. The summed E-state index contributed by atoms with van der Waals surface area (Å²) in [7, 11) is 0. The average Bonchev–Trinajstić information content (AvgIpc) is 2.32. The van der Waals surface area contributed by atoms with Crippen molar-refractivity contribution in [3.63, 3.8) is 0 Å². The predicted octanol–water partition coefficient (Wildman–Crippen LogP) is 4.62. The van der Waals surface area contributed by atoms with Gasteiger partial charge in [-0.15, -0.1) is 0 Å². The number of halogens is 1. The Bertz CT molecular complexity index is 381. The molecule has 0 radical (unpaired) electrons. The van der Waals surface area contributed by atoms with Gasteiger partial charge in [0, 0.05) is 4.47 Å². The van der Waals surface area contributed by atoms with Gasteiger partial charge in [-0.2, -0.15) is 0 Å². The monoisotopic (exact) mass is 296 g/mol. The predicted molar refractivity (Wildman–Crippen MR) is 75.0 cm³/mol. The fourth-order valence-corrected chi connectivity index (χ4v) is 3.23. The highest BCUT2D eigenvalue weighted by Crippen LogP contribution is 2.38. The number of aliphatic hydroxyl groups excluding tert-OH is 1. The summed E-state index contributed by atoms with van der Waals surface area (Å²) in [4.78, 5) is 0. The maximum Gasteiger partial charge on any atom is 0.0829 e. The van der Waals surface area contributed by atoms with Crippen LogP contribution in [0.15, 0.2) is 22.7 Å². The van der Waals surface area contributed by atoms with Crippen molar-refractivity contribution in [1.29, 1.82) is 0 Å². The van der Waals surface area contributed by atoms with Crippen molar-refractivity contribution in [2.24, 2.45) is 11.8 Å². The largest absolute Gasteiger partial charge is 0.388 e. The zero-order chi connectivity index (χ0) is 12.4. The molecule has 1 N–H and O–H groups in total. The van der Waals surface area contributed by atoms with Crippen LogP contribution in [0.2, 0.25) is 0 Å². The number of aliphatic hydroxyl groups is 1. The summed E-state index contributed by atoms with van der Waals surface area (Å²) in [6.45, 7) is 4.39. The highest BCUT2D eigenvalue weighted by atomic mass is 79.9. The molecule has 1 aliphatic rings. The lowest BCUT2D eigenvalue weighted by Gasteiger charge is -2.30. The van der Waals surface area contributed by atoms with Gasteiger partial charge in [0.25, 0.3) is 0 Å². The Balaban J connectivity index is 2.13. The van der Waals surface area contributed by atoms with Crippen molar-refractivity contribution < 1.29 is 5.11 Å². The normalized spacial score (nSPS) is 26.8. The van der Waals surface area contributed by atoms with Gasteiger partial charge in [0.05, 0.1) is 6.10 Å². The highest BCUT2D eigenvalue weighted by Gasteiger charge is 2.26. The van der Waals surface area contributed by atoms with Gasteiger partial charge in [0.1, 0.15) is 0 Å². The Labute approximate surface area is 112 Å². The molecule has 0 amide bonds. The molecule has 1 aromatic carbocycles. The molecule has 1 atom stereocenters. The molecule has 0 aliphatic heterocycles. The third-order valence-corrected chi connectivity index (χ3v) is 4.70. The van der Waals surface area contributed by atoms with Gasteiger partial charge in [-0.3, -0.25) is 0 Å². The van der Waals surface area contributed by atoms with E-state index in [9.17, 15) is 5.11 Å². The van der Waals surface area contributed by atoms with Crippen LogP contribution in [0.25, 0.3) is 0 Å². The van der Waals surface area contributed by atoms with Crippen LogP contribution >= 0.6 is 15.9 Å². The first-order valence-electron chi connectivity index (χ1n) is 6.52. The maximum absolute atomic E-state index is 10.5. The van der Waals surface area contributed by atoms with E-state index in [1.807, 2.05) is 6.07 Å². The van der Waals surface area contributed by atoms with E-state index in [-0.39, 0.29) is 6.10 Å². The third kappa shape index (κ3) is 3.11. The zero-order valence-corrected chi connectivity index (χ0v) is 12.2. The topological polar surface area (TPSA) is 20.2 Å². The minimum atomic E-state index is -0.309. The first-order chi connectivity index (χ1) is 8.08. The van der Waals surface area contributed by atoms with E-state index in [4.69, 9.17) is 0 Å². The summed E-state index contributed by atoms with van der Waals surface area (Å²) in [5.74, 6) is 1.27. The number of rotatable bonds is 2. The summed E-state index contributed by atoms with van der Waals surface area (Å²) in [6.07, 6.45) is 4.51. The van der Waals surface area contributed by atoms with Crippen LogP contribution < -0.4 is 0 Å². The number of hydrogen-bond donors (Lipinski definition) is 1. The molecule has 0 bridgehead atoms. The van der Waals surface area contributed by atoms with Gasteiger partial charge in [0.2, 0.25) is 0 Å². The SMILES string of the molecule is Cc1ccc(Br)c(C(O)C2CCC(C)CC2)c1. The third-order valence-electron chi connectivity index (χ3n) is 3.98. The Morgan fingerprint density at radius 2 is 1.88 bits per heavy atom. The van der Waals surface area contributed by atoms with E-state index >= 15 is 0 Å². The van der Waals surface area contributed by atoms with Crippen LogP contribution in [0, 0.1) is 18.8 Å². The van der Waals surface area contributed by atoms with Gasteiger partial charge in [0.15, 0.2) is 0 Å². The Hall–Kier alpha value is -0.340. The quantitative estimate of drug-likeness (QED) is 0.844. The molecule has 1 aromatic rings. The molecular weight excluding hydrogens is 276 g/mol. The molecule has 0 aromatic heterocycles. The standard InChI is InChI=1S/C15H21BrO/c1-10-3-6-12(7-4-10)15(17)13-9-11(2)5-8-14(13)16/h5,8-10,12,15,17H,3-4,6-7H2,1-2H3. The minimum absolute atomic E-state index is 0.309. The molecule has 1 fully saturated rings. The first kappa shape index (κ1) is 13.1. The van der Waals surface area contributed by atoms with Gasteiger partial charge < -0.3 is 5.11 Å². The van der Waals surface area contributed by atoms with E-state index in [0.717, 1.165) is 28.8 Å². The lowest BCUT2D eigenvalue weighted by Crippen LogP contribution is -2.19. The Morgan fingerprint density at radius 3 is 2.53 bits per heavy atom. The van der Waals surface area contributed by atoms with Crippen LogP contribution in [0.3, 0.4) is 0 Å². The number of hydrogen-bond acceptors (Lipinski definition) is 1. The molecule has 1 unspecified atom stereocenters. The smallest absolute Gasteiger partial charge is 0.0829 e. The summed E-state index contributed by atoms with van der Waals surface area (Å²) >= 11 is 3.55. The molecule has 0 spiro atoms. The maximum atomic E-state index is 10.5. The molecule has 94 valence electrons. The van der Waals surface area contributed by atoms with E-state index in [2.05, 4.69) is 41.9 Å². The molecule has 0 saturated heterocycles. The molecule has 17 heavy (non-hydrogen) atoms. The lowest BCUT2D eigenvalue weighted by molar-refractivity contribution is 0.0750. The van der Waals surface area contributed by atoms with Crippen molar-refractivity contribution in [3.05, 3.63) is 33.8 Å². The Morgan fingerprint density at radius 1 is 1.24 bits per heavy atom. The van der Waals surface area contributed by atoms with Gasteiger partial charge in [-0.05, 0) is 43.2 Å². The average molecular weight is 297 g/mol. The molecule has 1 nitrogen and oxygen atoms in total. The van der Waals surface area contributed by atoms with Gasteiger partial charge >= 0.3 is 0 Å². The number of aryl methyl sites for hydroxylation is 1. The molecule has 1 aliphatic carbocycles. The van der Waals surface area contributed by atoms with Crippen LogP contribution in [0.5, 0.6) is 0 Å². The molecule has 1 saturated carbocycles. The van der Waals surface area contributed by atoms with E-state index in [1.165, 1.54) is 18.4 Å². The van der Waals surface area contributed by atoms with E-state index < -0.39 is 0 Å². The second-order valence-corrected chi connectivity index (χ2v) is 6.34. The molecule has 2 rings (SSSR count). The van der Waals surface area contributed by atoms with Crippen LogP contribution in [-0.4, -0.2) is 5.11 Å². The van der Waals surface area contributed by atoms with Gasteiger partial charge in [-0.25, -0.2) is 0 Å². The summed E-state index contributed by atoms with van der Waals surface area (Å²) in [5, 5.41) is 10.5. The second-order valence-electron chi connectivity index (χ2n) is 5.49. The van der Waals surface area contributed by atoms with Crippen LogP contribution in [0.4, 0.5) is 0 Å². The van der Waals surface area contributed by atoms with Crippen molar-refractivity contribution in [2.45, 2.75) is 45.6 Å². The van der Waals surface area contributed by atoms with Crippen molar-refractivity contribution >= 4 is 15.9 Å². The Kier molecular flexibility index (Phi) is 4.26. The van der Waals surface area contributed by atoms with E-state index in [0.29, 0.717) is 5.92 Å². The zero-order valence-electron chi connectivity index (χ0n) is 10.6. The fourth-order valence-electron chi connectivity index (χ4n) is 2.75. The van der Waals surface area contributed by atoms with Crippen LogP contribution in [0.1, 0.15) is 49.8 Å². The molecule has 0 heterocycles. The molecule has 2 heteroatoms. The number of benzene rings is 1. The van der Waals surface area contributed by atoms with Gasteiger partial charge in [-0.1, -0.05) is 53.4 Å². The summed E-state index contributed by atoms with van der Waals surface area (Å²) < 4.78 is 1.04. The van der Waals surface area contributed by atoms with Crippen LogP contribution in [-0.2, 0) is 0 Å². The minimum Gasteiger partial charge on any atom is -0.388 e. The molecular formula is C15H21BrO.